The van der Waals surface area contributed by atoms with Gasteiger partial charge >= 0.3 is 6.18 Å². The molecule has 2 aromatic rings. The van der Waals surface area contributed by atoms with Gasteiger partial charge in [-0.15, -0.1) is 10.2 Å². The number of hydrogen-bond donors (Lipinski definition) is 0. The second-order valence-electron chi connectivity index (χ2n) is 4.34. The van der Waals surface area contributed by atoms with Crippen molar-refractivity contribution in [2.24, 2.45) is 0 Å². The number of halogens is 4. The van der Waals surface area contributed by atoms with Gasteiger partial charge in [-0.05, 0) is 22.0 Å². The summed E-state index contributed by atoms with van der Waals surface area (Å²) < 4.78 is 40.1. The van der Waals surface area contributed by atoms with Crippen molar-refractivity contribution in [2.45, 2.75) is 19.3 Å². The molecule has 20 heavy (non-hydrogen) atoms. The van der Waals surface area contributed by atoms with Crippen LogP contribution in [-0.2, 0) is 19.3 Å². The molecular weight excluding hydrogens is 339 g/mol. The fourth-order valence-corrected chi connectivity index (χ4v) is 2.70. The molecule has 0 fully saturated rings. The summed E-state index contributed by atoms with van der Waals surface area (Å²) in [6, 6.07) is 1.81. The van der Waals surface area contributed by atoms with Gasteiger partial charge in [0.25, 0.3) is 0 Å². The van der Waals surface area contributed by atoms with Crippen LogP contribution in [-0.4, -0.2) is 26.3 Å². The molecule has 0 aromatic carbocycles. The number of aromatic nitrogens is 4. The molecule has 0 unspecified atom stereocenters. The normalized spacial score (nSPS) is 15.3. The highest BCUT2D eigenvalue weighted by atomic mass is 79.9. The Morgan fingerprint density at radius 3 is 2.70 bits per heavy atom. The van der Waals surface area contributed by atoms with E-state index in [2.05, 4.69) is 31.1 Å². The molecule has 106 valence electrons. The summed E-state index contributed by atoms with van der Waals surface area (Å²) in [5.41, 5.74) is 0.878. The van der Waals surface area contributed by atoms with Gasteiger partial charge in [-0.25, -0.2) is 0 Å². The van der Waals surface area contributed by atoms with Crippen molar-refractivity contribution in [1.29, 1.82) is 0 Å². The summed E-state index contributed by atoms with van der Waals surface area (Å²) in [5, 5.41) is 6.91. The van der Waals surface area contributed by atoms with E-state index in [9.17, 15) is 13.2 Å². The Balaban J connectivity index is 1.91. The smallest absolute Gasteiger partial charge is 0.361 e. The number of fused-ring (bicyclic) bond motifs is 1. The van der Waals surface area contributed by atoms with Crippen LogP contribution in [0.3, 0.4) is 0 Å². The van der Waals surface area contributed by atoms with Gasteiger partial charge in [0.1, 0.15) is 0 Å². The first-order chi connectivity index (χ1) is 9.47. The third-order valence-corrected chi connectivity index (χ3v) is 3.71. The van der Waals surface area contributed by atoms with Crippen LogP contribution < -0.4 is 4.90 Å². The van der Waals surface area contributed by atoms with E-state index in [1.54, 1.807) is 18.5 Å². The average molecular weight is 348 g/mol. The number of anilines is 1. The predicted molar refractivity (Wildman–Crippen MR) is 68.0 cm³/mol. The van der Waals surface area contributed by atoms with Crippen LogP contribution in [0.15, 0.2) is 22.9 Å². The fourth-order valence-electron chi connectivity index (χ4n) is 2.20. The first-order valence-electron chi connectivity index (χ1n) is 5.80. The molecule has 0 spiro atoms. The first kappa shape index (κ1) is 13.3. The number of hydrogen-bond acceptors (Lipinski definition) is 4. The maximum atomic E-state index is 12.7. The largest absolute Gasteiger partial charge is 0.451 e. The maximum absolute atomic E-state index is 12.7. The molecule has 3 rings (SSSR count). The average Bonchev–Trinajstić information content (AvgIpc) is 2.82. The van der Waals surface area contributed by atoms with Gasteiger partial charge < -0.3 is 9.47 Å². The maximum Gasteiger partial charge on any atom is 0.451 e. The summed E-state index contributed by atoms with van der Waals surface area (Å²) in [4.78, 5) is 5.91. The summed E-state index contributed by atoms with van der Waals surface area (Å²) >= 11 is 3.38. The van der Waals surface area contributed by atoms with Crippen LogP contribution >= 0.6 is 15.9 Å². The Hall–Kier alpha value is -1.64. The van der Waals surface area contributed by atoms with Crippen molar-refractivity contribution in [3.05, 3.63) is 34.6 Å². The van der Waals surface area contributed by atoms with Crippen molar-refractivity contribution in [3.63, 3.8) is 0 Å². The highest BCUT2D eigenvalue weighted by molar-refractivity contribution is 9.10. The summed E-state index contributed by atoms with van der Waals surface area (Å²) in [5.74, 6) is -0.617. The molecule has 0 amide bonds. The van der Waals surface area contributed by atoms with Gasteiger partial charge in [0.05, 0.1) is 16.7 Å². The topological polar surface area (TPSA) is 46.8 Å². The SMILES string of the molecule is FC(F)(F)c1nnc2n1CCN(c1ccncc1Br)C2. The van der Waals surface area contributed by atoms with Gasteiger partial charge in [0.2, 0.25) is 5.82 Å². The molecule has 3 heterocycles. The van der Waals surface area contributed by atoms with Crippen LogP contribution in [0.4, 0.5) is 18.9 Å². The lowest BCUT2D eigenvalue weighted by molar-refractivity contribution is -0.147. The Morgan fingerprint density at radius 2 is 2.00 bits per heavy atom. The fraction of sp³-hybridized carbons (Fsp3) is 0.364. The lowest BCUT2D eigenvalue weighted by Gasteiger charge is -2.30. The van der Waals surface area contributed by atoms with Crippen molar-refractivity contribution in [1.82, 2.24) is 19.7 Å². The lowest BCUT2D eigenvalue weighted by Crippen LogP contribution is -2.35. The van der Waals surface area contributed by atoms with E-state index in [4.69, 9.17) is 0 Å². The molecule has 1 aliphatic heterocycles. The minimum absolute atomic E-state index is 0.200. The second kappa shape index (κ2) is 4.72. The zero-order valence-corrected chi connectivity index (χ0v) is 11.7. The van der Waals surface area contributed by atoms with E-state index >= 15 is 0 Å². The van der Waals surface area contributed by atoms with Crippen LogP contribution in [0.5, 0.6) is 0 Å². The molecule has 0 N–H and O–H groups in total. The summed E-state index contributed by atoms with van der Waals surface area (Å²) in [6.45, 7) is 0.939. The van der Waals surface area contributed by atoms with Crippen molar-refractivity contribution >= 4 is 21.6 Å². The monoisotopic (exact) mass is 347 g/mol. The van der Waals surface area contributed by atoms with E-state index in [1.165, 1.54) is 0 Å². The van der Waals surface area contributed by atoms with Crippen LogP contribution in [0.2, 0.25) is 0 Å². The van der Waals surface area contributed by atoms with E-state index in [0.717, 1.165) is 14.7 Å². The minimum atomic E-state index is -4.47. The molecule has 1 aliphatic rings. The molecule has 0 radical (unpaired) electrons. The zero-order chi connectivity index (χ0) is 14.3. The van der Waals surface area contributed by atoms with Crippen molar-refractivity contribution in [3.8, 4) is 0 Å². The molecule has 0 bridgehead atoms. The first-order valence-corrected chi connectivity index (χ1v) is 6.60. The molecule has 5 nitrogen and oxygen atoms in total. The number of pyridine rings is 1. The molecule has 0 saturated heterocycles. The number of rotatable bonds is 1. The van der Waals surface area contributed by atoms with Gasteiger partial charge in [-0.1, -0.05) is 0 Å². The van der Waals surface area contributed by atoms with E-state index in [1.807, 2.05) is 4.90 Å². The van der Waals surface area contributed by atoms with Gasteiger partial charge in [0.15, 0.2) is 5.82 Å². The molecule has 2 aromatic heterocycles. The third kappa shape index (κ3) is 2.26. The molecule has 0 atom stereocenters. The molecule has 0 saturated carbocycles. The van der Waals surface area contributed by atoms with Crippen LogP contribution in [0.1, 0.15) is 11.6 Å². The standard InChI is InChI=1S/C11H9BrF3N5/c12-7-5-16-2-1-8(7)19-3-4-20-9(6-19)17-18-10(20)11(13,14)15/h1-2,5H,3-4,6H2. The number of alkyl halides is 3. The molecule has 9 heteroatoms. The Bertz CT molecular complexity index is 639. The van der Waals surface area contributed by atoms with E-state index < -0.39 is 12.0 Å². The Morgan fingerprint density at radius 1 is 1.20 bits per heavy atom. The minimum Gasteiger partial charge on any atom is -0.361 e. The third-order valence-electron chi connectivity index (χ3n) is 3.10. The summed E-state index contributed by atoms with van der Waals surface area (Å²) in [7, 11) is 0. The Kier molecular flexibility index (Phi) is 3.15. The Labute approximate surface area is 120 Å². The van der Waals surface area contributed by atoms with Crippen LogP contribution in [0, 0.1) is 0 Å². The molecule has 0 aliphatic carbocycles. The molecular formula is C11H9BrF3N5. The lowest BCUT2D eigenvalue weighted by atomic mass is 10.3. The van der Waals surface area contributed by atoms with Crippen molar-refractivity contribution < 1.29 is 13.2 Å². The highest BCUT2D eigenvalue weighted by Crippen LogP contribution is 2.32. The second-order valence-corrected chi connectivity index (χ2v) is 5.19. The zero-order valence-electron chi connectivity index (χ0n) is 10.1. The predicted octanol–water partition coefficient (Wildman–Crippen LogP) is 2.47. The van der Waals surface area contributed by atoms with Gasteiger partial charge in [-0.2, -0.15) is 13.2 Å². The highest BCUT2D eigenvalue weighted by Gasteiger charge is 2.39. The van der Waals surface area contributed by atoms with Gasteiger partial charge in [0, 0.05) is 25.5 Å². The quantitative estimate of drug-likeness (QED) is 0.795. The number of nitrogens with zero attached hydrogens (tertiary/aromatic N) is 5. The van der Waals surface area contributed by atoms with E-state index in [-0.39, 0.29) is 13.1 Å². The van der Waals surface area contributed by atoms with E-state index in [0.29, 0.717) is 12.4 Å². The van der Waals surface area contributed by atoms with Crippen LogP contribution in [0.25, 0.3) is 0 Å². The van der Waals surface area contributed by atoms with Crippen molar-refractivity contribution in [2.75, 3.05) is 11.4 Å². The van der Waals surface area contributed by atoms with Gasteiger partial charge in [-0.3, -0.25) is 4.98 Å². The summed E-state index contributed by atoms with van der Waals surface area (Å²) in [6.07, 6.45) is -1.18.